The van der Waals surface area contributed by atoms with Crippen molar-refractivity contribution in [3.63, 3.8) is 0 Å². The van der Waals surface area contributed by atoms with E-state index >= 15 is 0 Å². The fourth-order valence-electron chi connectivity index (χ4n) is 2.62. The maximum atomic E-state index is 10.9. The molecule has 0 atom stereocenters. The van der Waals surface area contributed by atoms with Gasteiger partial charge in [-0.3, -0.25) is 5.10 Å². The number of aromatic nitrogens is 2. The lowest BCUT2D eigenvalue weighted by Crippen LogP contribution is -2.12. The molecule has 104 valence electrons. The quantitative estimate of drug-likeness (QED) is 0.891. The molecule has 2 aromatic rings. The number of anilines is 1. The molecule has 0 amide bonds. The molecule has 0 fully saturated rings. The Kier molecular flexibility index (Phi) is 2.85. The van der Waals surface area contributed by atoms with Gasteiger partial charge in [0.05, 0.1) is 12.8 Å². The highest BCUT2D eigenvalue weighted by Crippen LogP contribution is 2.40. The summed E-state index contributed by atoms with van der Waals surface area (Å²) in [6.45, 7) is 0.954. The number of H-pyrrole nitrogens is 1. The van der Waals surface area contributed by atoms with Gasteiger partial charge in [0, 0.05) is 30.4 Å². The zero-order chi connectivity index (χ0) is 14.3. The zero-order valence-corrected chi connectivity index (χ0v) is 11.3. The van der Waals surface area contributed by atoms with Gasteiger partial charge in [0.25, 0.3) is 0 Å². The normalized spacial score (nSPS) is 13.4. The van der Waals surface area contributed by atoms with Gasteiger partial charge < -0.3 is 14.7 Å². The first kappa shape index (κ1) is 12.5. The molecule has 6 heteroatoms. The summed E-state index contributed by atoms with van der Waals surface area (Å²) in [5, 5.41) is 15.5. The van der Waals surface area contributed by atoms with Crippen LogP contribution in [0, 0.1) is 0 Å². The van der Waals surface area contributed by atoms with E-state index in [4.69, 9.17) is 9.84 Å². The van der Waals surface area contributed by atoms with Gasteiger partial charge in [-0.25, -0.2) is 4.79 Å². The van der Waals surface area contributed by atoms with Crippen LogP contribution in [0.25, 0.3) is 11.3 Å². The van der Waals surface area contributed by atoms with Crippen LogP contribution in [0.3, 0.4) is 0 Å². The molecule has 20 heavy (non-hydrogen) atoms. The lowest BCUT2D eigenvalue weighted by molar-refractivity contribution is 0.0690. The summed E-state index contributed by atoms with van der Waals surface area (Å²) in [6, 6.07) is 5.46. The van der Waals surface area contributed by atoms with E-state index in [-0.39, 0.29) is 5.69 Å². The number of carboxylic acid groups (broad SMARTS) is 1. The van der Waals surface area contributed by atoms with Crippen molar-refractivity contribution in [2.24, 2.45) is 0 Å². The minimum absolute atomic E-state index is 0.0691. The van der Waals surface area contributed by atoms with Gasteiger partial charge in [-0.05, 0) is 24.6 Å². The minimum Gasteiger partial charge on any atom is -0.496 e. The van der Waals surface area contributed by atoms with E-state index in [9.17, 15) is 4.79 Å². The van der Waals surface area contributed by atoms with E-state index < -0.39 is 5.97 Å². The van der Waals surface area contributed by atoms with Crippen molar-refractivity contribution >= 4 is 11.7 Å². The molecular formula is C14H15N3O3. The Hall–Kier alpha value is -2.50. The molecule has 0 unspecified atom stereocenters. The Bertz CT molecular complexity index is 678. The lowest BCUT2D eigenvalue weighted by atomic mass is 10.0. The van der Waals surface area contributed by atoms with Crippen LogP contribution in [0.1, 0.15) is 16.1 Å². The highest BCUT2D eigenvalue weighted by atomic mass is 16.5. The van der Waals surface area contributed by atoms with Crippen LogP contribution >= 0.6 is 0 Å². The zero-order valence-electron chi connectivity index (χ0n) is 11.3. The van der Waals surface area contributed by atoms with E-state index in [0.29, 0.717) is 5.69 Å². The number of benzene rings is 1. The molecule has 1 aliphatic rings. The number of nitrogens with one attached hydrogen (secondary N) is 1. The Morgan fingerprint density at radius 3 is 2.95 bits per heavy atom. The minimum atomic E-state index is -1.02. The third-order valence-corrected chi connectivity index (χ3v) is 3.63. The molecule has 6 nitrogen and oxygen atoms in total. The number of hydrogen-bond acceptors (Lipinski definition) is 4. The van der Waals surface area contributed by atoms with Gasteiger partial charge in [-0.15, -0.1) is 0 Å². The number of likely N-dealkylation sites (N-methyl/N-ethyl adjacent to an activating group) is 1. The fraction of sp³-hybridized carbons (Fsp3) is 0.286. The highest BCUT2D eigenvalue weighted by molar-refractivity contribution is 5.87. The molecule has 1 aromatic heterocycles. The molecule has 2 N–H and O–H groups in total. The Labute approximate surface area is 116 Å². The first-order valence-corrected chi connectivity index (χ1v) is 6.32. The Morgan fingerprint density at radius 1 is 1.50 bits per heavy atom. The van der Waals surface area contributed by atoms with Crippen molar-refractivity contribution in [2.45, 2.75) is 6.42 Å². The number of aromatic carboxylic acids is 1. The fourth-order valence-corrected chi connectivity index (χ4v) is 2.62. The average molecular weight is 273 g/mol. The molecule has 0 aliphatic carbocycles. The summed E-state index contributed by atoms with van der Waals surface area (Å²) in [5.41, 5.74) is 3.76. The van der Waals surface area contributed by atoms with Crippen LogP contribution in [-0.4, -0.2) is 42.0 Å². The number of ether oxygens (including phenoxy) is 1. The molecule has 0 bridgehead atoms. The average Bonchev–Trinajstić information content (AvgIpc) is 3.05. The molecule has 1 aromatic carbocycles. The topological polar surface area (TPSA) is 78.5 Å². The number of hydrogen-bond donors (Lipinski definition) is 2. The predicted molar refractivity (Wildman–Crippen MR) is 74.5 cm³/mol. The predicted octanol–water partition coefficient (Wildman–Crippen LogP) is 1.78. The summed E-state index contributed by atoms with van der Waals surface area (Å²) in [7, 11) is 3.67. The van der Waals surface area contributed by atoms with Crippen LogP contribution in [0.5, 0.6) is 5.75 Å². The van der Waals surface area contributed by atoms with Crippen molar-refractivity contribution in [3.05, 3.63) is 29.5 Å². The first-order valence-electron chi connectivity index (χ1n) is 6.32. The maximum Gasteiger partial charge on any atom is 0.353 e. The van der Waals surface area contributed by atoms with Crippen molar-refractivity contribution in [1.29, 1.82) is 0 Å². The molecule has 0 saturated heterocycles. The van der Waals surface area contributed by atoms with E-state index in [1.165, 1.54) is 6.07 Å². The van der Waals surface area contributed by atoms with Crippen LogP contribution in [0.4, 0.5) is 5.69 Å². The summed E-state index contributed by atoms with van der Waals surface area (Å²) >= 11 is 0. The van der Waals surface area contributed by atoms with E-state index in [0.717, 1.165) is 35.5 Å². The van der Waals surface area contributed by atoms with Gasteiger partial charge in [0.2, 0.25) is 0 Å². The lowest BCUT2D eigenvalue weighted by Gasteiger charge is -2.15. The number of nitrogens with zero attached hydrogens (tertiary/aromatic N) is 2. The molecule has 2 heterocycles. The van der Waals surface area contributed by atoms with Gasteiger partial charge in [0.1, 0.15) is 11.4 Å². The number of carboxylic acids is 1. The molecule has 0 saturated carbocycles. The van der Waals surface area contributed by atoms with Crippen molar-refractivity contribution < 1.29 is 14.6 Å². The van der Waals surface area contributed by atoms with Crippen LogP contribution < -0.4 is 9.64 Å². The van der Waals surface area contributed by atoms with Gasteiger partial charge in [-0.1, -0.05) is 0 Å². The van der Waals surface area contributed by atoms with Gasteiger partial charge in [0.15, 0.2) is 0 Å². The van der Waals surface area contributed by atoms with Crippen LogP contribution in [0.2, 0.25) is 0 Å². The largest absolute Gasteiger partial charge is 0.496 e. The SMILES string of the molecule is COc1c(-c2cc(C(=O)O)[nH]n2)ccc2c1CCN2C. The molecule has 0 spiro atoms. The van der Waals surface area contributed by atoms with E-state index in [2.05, 4.69) is 15.1 Å². The van der Waals surface area contributed by atoms with Crippen molar-refractivity contribution in [2.75, 3.05) is 25.6 Å². The monoisotopic (exact) mass is 273 g/mol. The molecule has 0 radical (unpaired) electrons. The second-order valence-electron chi connectivity index (χ2n) is 4.79. The second kappa shape index (κ2) is 4.56. The Balaban J connectivity index is 2.12. The summed E-state index contributed by atoms with van der Waals surface area (Å²) in [6.07, 6.45) is 0.916. The van der Waals surface area contributed by atoms with E-state index in [1.54, 1.807) is 7.11 Å². The third kappa shape index (κ3) is 1.80. The smallest absolute Gasteiger partial charge is 0.353 e. The number of aromatic amines is 1. The summed E-state index contributed by atoms with van der Waals surface area (Å²) in [5.74, 6) is -0.251. The third-order valence-electron chi connectivity index (χ3n) is 3.63. The number of rotatable bonds is 3. The molecule has 1 aliphatic heterocycles. The number of fused-ring (bicyclic) bond motifs is 1. The van der Waals surface area contributed by atoms with Crippen LogP contribution in [0.15, 0.2) is 18.2 Å². The standard InChI is InChI=1S/C14H15N3O3/c1-17-6-5-9-12(17)4-3-8(13(9)20-2)10-7-11(14(18)19)16-15-10/h3-4,7H,5-6H2,1-2H3,(H,15,16)(H,18,19). The number of methoxy groups -OCH3 is 1. The molecule has 3 rings (SSSR count). The van der Waals surface area contributed by atoms with Crippen molar-refractivity contribution in [3.8, 4) is 17.0 Å². The van der Waals surface area contributed by atoms with Crippen molar-refractivity contribution in [1.82, 2.24) is 10.2 Å². The Morgan fingerprint density at radius 2 is 2.30 bits per heavy atom. The van der Waals surface area contributed by atoms with E-state index in [1.807, 2.05) is 19.2 Å². The summed E-state index contributed by atoms with van der Waals surface area (Å²) < 4.78 is 5.53. The molecular weight excluding hydrogens is 258 g/mol. The summed E-state index contributed by atoms with van der Waals surface area (Å²) in [4.78, 5) is 13.1. The van der Waals surface area contributed by atoms with Gasteiger partial charge >= 0.3 is 5.97 Å². The van der Waals surface area contributed by atoms with Crippen LogP contribution in [-0.2, 0) is 6.42 Å². The van der Waals surface area contributed by atoms with Gasteiger partial charge in [-0.2, -0.15) is 5.10 Å². The highest BCUT2D eigenvalue weighted by Gasteiger charge is 2.23. The second-order valence-corrected chi connectivity index (χ2v) is 4.79. The number of carbonyl (C=O) groups is 1. The maximum absolute atomic E-state index is 10.9. The first-order chi connectivity index (χ1) is 9.61.